The van der Waals surface area contributed by atoms with Gasteiger partial charge in [0.2, 0.25) is 5.95 Å². The second kappa shape index (κ2) is 4.71. The fourth-order valence-electron chi connectivity index (χ4n) is 2.29. The lowest BCUT2D eigenvalue weighted by atomic mass is 10.00. The first kappa shape index (κ1) is 12.8. The minimum atomic E-state index is -0.381. The fourth-order valence-corrected chi connectivity index (χ4v) is 3.31. The first-order valence-electron chi connectivity index (χ1n) is 6.01. The van der Waals surface area contributed by atoms with Crippen LogP contribution in [0.2, 0.25) is 0 Å². The molecule has 2 aromatic rings. The Morgan fingerprint density at radius 1 is 1.50 bits per heavy atom. The topological polar surface area (TPSA) is 81.9 Å². The first-order valence-corrected chi connectivity index (χ1v) is 6.89. The van der Waals surface area contributed by atoms with E-state index in [2.05, 4.69) is 20.8 Å². The van der Waals surface area contributed by atoms with Crippen LogP contribution < -0.4 is 5.32 Å². The molecule has 0 unspecified atom stereocenters. The van der Waals surface area contributed by atoms with Crippen LogP contribution in [0.1, 0.15) is 23.4 Å². The maximum absolute atomic E-state index is 12.1. The average molecular weight is 291 g/mol. The van der Waals surface area contributed by atoms with E-state index in [4.69, 9.17) is 4.74 Å². The highest BCUT2D eigenvalue weighted by molar-refractivity contribution is 7.10. The number of allylic oxidation sites excluding steroid dienone is 1. The number of hydrogen-bond acceptors (Lipinski definition) is 7. The van der Waals surface area contributed by atoms with Crippen LogP contribution in [0.15, 0.2) is 22.7 Å². The number of carbonyl (C=O) groups is 1. The molecule has 1 atom stereocenters. The Kier molecular flexibility index (Phi) is 3.01. The van der Waals surface area contributed by atoms with E-state index in [0.29, 0.717) is 17.2 Å². The van der Waals surface area contributed by atoms with Crippen molar-refractivity contribution < 1.29 is 9.53 Å². The van der Waals surface area contributed by atoms with E-state index in [1.807, 2.05) is 25.3 Å². The van der Waals surface area contributed by atoms with Crippen LogP contribution in [0.3, 0.4) is 0 Å². The summed E-state index contributed by atoms with van der Waals surface area (Å²) in [4.78, 5) is 13.2. The van der Waals surface area contributed by atoms with E-state index in [-0.39, 0.29) is 12.0 Å². The maximum atomic E-state index is 12.1. The zero-order chi connectivity index (χ0) is 14.3. The molecule has 8 heteroatoms. The second-order valence-corrected chi connectivity index (χ2v) is 5.42. The Labute approximate surface area is 119 Å². The standard InChI is InChI=1S/C12H13N5O2S/c1-6-4-5-20-10(6)9-8(11(18)19-3)7(2)13-12-14-15-16-17(9)12/h4-5,9H,1-3H3,(H,13,14,16)/t9-/m1/s1. The lowest BCUT2D eigenvalue weighted by molar-refractivity contribution is -0.136. The number of aryl methyl sites for hydroxylation is 1. The first-order chi connectivity index (χ1) is 9.63. The van der Waals surface area contributed by atoms with Crippen LogP contribution in [-0.2, 0) is 9.53 Å². The van der Waals surface area contributed by atoms with E-state index >= 15 is 0 Å². The molecule has 0 amide bonds. The molecule has 1 aliphatic rings. The van der Waals surface area contributed by atoms with Gasteiger partial charge in [0, 0.05) is 10.6 Å². The van der Waals surface area contributed by atoms with Gasteiger partial charge in [0.25, 0.3) is 0 Å². The molecule has 0 aliphatic carbocycles. The molecule has 0 radical (unpaired) electrons. The Morgan fingerprint density at radius 3 is 2.95 bits per heavy atom. The third kappa shape index (κ3) is 1.80. The summed E-state index contributed by atoms with van der Waals surface area (Å²) in [7, 11) is 1.37. The molecule has 104 valence electrons. The highest BCUT2D eigenvalue weighted by Gasteiger charge is 2.35. The summed E-state index contributed by atoms with van der Waals surface area (Å²) >= 11 is 1.57. The number of carbonyl (C=O) groups excluding carboxylic acids is 1. The molecule has 0 aromatic carbocycles. The van der Waals surface area contributed by atoms with Crippen LogP contribution >= 0.6 is 11.3 Å². The molecular weight excluding hydrogens is 278 g/mol. The third-order valence-corrected chi connectivity index (χ3v) is 4.34. The van der Waals surface area contributed by atoms with Gasteiger partial charge >= 0.3 is 5.97 Å². The van der Waals surface area contributed by atoms with Crippen molar-refractivity contribution >= 4 is 23.3 Å². The summed E-state index contributed by atoms with van der Waals surface area (Å²) in [5, 5.41) is 16.6. The molecular formula is C12H13N5O2S. The summed E-state index contributed by atoms with van der Waals surface area (Å²) in [5.74, 6) is 0.141. The number of aromatic nitrogens is 4. The molecule has 7 nitrogen and oxygen atoms in total. The van der Waals surface area contributed by atoms with Crippen LogP contribution in [-0.4, -0.2) is 33.3 Å². The summed E-state index contributed by atoms with van der Waals surface area (Å²) in [6.07, 6.45) is 0. The van der Waals surface area contributed by atoms with Gasteiger partial charge in [-0.1, -0.05) is 5.10 Å². The van der Waals surface area contributed by atoms with Crippen molar-refractivity contribution in [3.8, 4) is 0 Å². The number of ether oxygens (including phenoxy) is 1. The Balaban J connectivity index is 2.21. The van der Waals surface area contributed by atoms with E-state index in [1.54, 1.807) is 16.0 Å². The van der Waals surface area contributed by atoms with Crippen molar-refractivity contribution in [2.24, 2.45) is 0 Å². The molecule has 2 aromatic heterocycles. The van der Waals surface area contributed by atoms with Crippen molar-refractivity contribution in [2.45, 2.75) is 19.9 Å². The van der Waals surface area contributed by atoms with Gasteiger partial charge in [-0.15, -0.1) is 11.3 Å². The monoisotopic (exact) mass is 291 g/mol. The zero-order valence-corrected chi connectivity index (χ0v) is 12.1. The number of anilines is 1. The van der Waals surface area contributed by atoms with Crippen molar-refractivity contribution in [2.75, 3.05) is 12.4 Å². The lowest BCUT2D eigenvalue weighted by Crippen LogP contribution is -2.29. The molecule has 0 fully saturated rings. The molecule has 0 saturated heterocycles. The number of rotatable bonds is 2. The van der Waals surface area contributed by atoms with Crippen LogP contribution in [0.5, 0.6) is 0 Å². The Morgan fingerprint density at radius 2 is 2.30 bits per heavy atom. The number of methoxy groups -OCH3 is 1. The molecule has 0 saturated carbocycles. The molecule has 1 aliphatic heterocycles. The highest BCUT2D eigenvalue weighted by Crippen LogP contribution is 2.38. The maximum Gasteiger partial charge on any atom is 0.338 e. The van der Waals surface area contributed by atoms with Gasteiger partial charge in [-0.25, -0.2) is 4.79 Å². The summed E-state index contributed by atoms with van der Waals surface area (Å²) in [5.41, 5.74) is 2.33. The molecule has 1 N–H and O–H groups in total. The molecule has 0 spiro atoms. The summed E-state index contributed by atoms with van der Waals surface area (Å²) in [6.45, 7) is 3.82. The number of thiophene rings is 1. The Bertz CT molecular complexity index is 702. The molecule has 20 heavy (non-hydrogen) atoms. The number of nitrogens with zero attached hydrogens (tertiary/aromatic N) is 4. The van der Waals surface area contributed by atoms with Crippen molar-refractivity contribution in [3.05, 3.63) is 33.2 Å². The van der Waals surface area contributed by atoms with Crippen LogP contribution in [0.25, 0.3) is 0 Å². The number of tetrazole rings is 1. The summed E-state index contributed by atoms with van der Waals surface area (Å²) < 4.78 is 6.51. The lowest BCUT2D eigenvalue weighted by Gasteiger charge is -2.26. The number of esters is 1. The minimum Gasteiger partial charge on any atom is -0.466 e. The average Bonchev–Trinajstić information content (AvgIpc) is 3.05. The number of hydrogen-bond donors (Lipinski definition) is 1. The SMILES string of the molecule is COC(=O)C1=C(C)Nc2nnnn2[C@H]1c1sccc1C. The van der Waals surface area contributed by atoms with Gasteiger partial charge in [0.1, 0.15) is 6.04 Å². The smallest absolute Gasteiger partial charge is 0.338 e. The van der Waals surface area contributed by atoms with Gasteiger partial charge < -0.3 is 10.1 Å². The van der Waals surface area contributed by atoms with Gasteiger partial charge in [-0.05, 0) is 41.3 Å². The van der Waals surface area contributed by atoms with E-state index in [1.165, 1.54) is 7.11 Å². The van der Waals surface area contributed by atoms with Crippen LogP contribution in [0.4, 0.5) is 5.95 Å². The summed E-state index contributed by atoms with van der Waals surface area (Å²) in [6, 6.07) is 1.66. The van der Waals surface area contributed by atoms with Gasteiger partial charge in [0.05, 0.1) is 12.7 Å². The minimum absolute atomic E-state index is 0.353. The molecule has 0 bridgehead atoms. The molecule has 3 rings (SSSR count). The normalized spacial score (nSPS) is 17.6. The predicted octanol–water partition coefficient (Wildman–Crippen LogP) is 1.50. The second-order valence-electron chi connectivity index (χ2n) is 4.47. The van der Waals surface area contributed by atoms with Crippen LogP contribution in [0, 0.1) is 6.92 Å². The quantitative estimate of drug-likeness (QED) is 0.844. The van der Waals surface area contributed by atoms with Crippen molar-refractivity contribution in [1.82, 2.24) is 20.2 Å². The van der Waals surface area contributed by atoms with Gasteiger partial charge in [-0.3, -0.25) is 0 Å². The van der Waals surface area contributed by atoms with Crippen molar-refractivity contribution in [3.63, 3.8) is 0 Å². The fraction of sp³-hybridized carbons (Fsp3) is 0.333. The highest BCUT2D eigenvalue weighted by atomic mass is 32.1. The Hall–Kier alpha value is -2.22. The van der Waals surface area contributed by atoms with Gasteiger partial charge in [0.15, 0.2) is 0 Å². The largest absolute Gasteiger partial charge is 0.466 e. The van der Waals surface area contributed by atoms with E-state index in [0.717, 1.165) is 10.4 Å². The number of fused-ring (bicyclic) bond motifs is 1. The van der Waals surface area contributed by atoms with Gasteiger partial charge in [-0.2, -0.15) is 4.68 Å². The molecule has 3 heterocycles. The third-order valence-electron chi connectivity index (χ3n) is 3.27. The predicted molar refractivity (Wildman–Crippen MR) is 73.4 cm³/mol. The van der Waals surface area contributed by atoms with E-state index in [9.17, 15) is 4.79 Å². The number of nitrogens with one attached hydrogen (secondary N) is 1. The van der Waals surface area contributed by atoms with E-state index < -0.39 is 0 Å². The zero-order valence-electron chi connectivity index (χ0n) is 11.2. The van der Waals surface area contributed by atoms with Crippen molar-refractivity contribution in [1.29, 1.82) is 0 Å².